The summed E-state index contributed by atoms with van der Waals surface area (Å²) in [7, 11) is 0. The summed E-state index contributed by atoms with van der Waals surface area (Å²) in [5.41, 5.74) is 5.57. The number of aromatic nitrogens is 1. The van der Waals surface area contributed by atoms with Crippen LogP contribution in [0.4, 0.5) is 0 Å². The van der Waals surface area contributed by atoms with E-state index in [4.69, 9.17) is 5.73 Å². The van der Waals surface area contributed by atoms with Crippen LogP contribution in [0.1, 0.15) is 25.7 Å². The molecule has 0 bridgehead atoms. The summed E-state index contributed by atoms with van der Waals surface area (Å²) in [6.07, 6.45) is 5.97. The SMILES string of the molecule is Cl.NCC1CCCCC1NC(=O)Cn1cc(Br)ccc1=O. The Labute approximate surface area is 138 Å². The fourth-order valence-corrected chi connectivity index (χ4v) is 3.09. The van der Waals surface area contributed by atoms with Gasteiger partial charge in [-0.15, -0.1) is 12.4 Å². The van der Waals surface area contributed by atoms with E-state index in [0.717, 1.165) is 23.7 Å². The summed E-state index contributed by atoms with van der Waals surface area (Å²) < 4.78 is 2.18. The molecular formula is C14H21BrClN3O2. The quantitative estimate of drug-likeness (QED) is 0.836. The van der Waals surface area contributed by atoms with E-state index in [9.17, 15) is 9.59 Å². The summed E-state index contributed by atoms with van der Waals surface area (Å²) in [6.45, 7) is 0.647. The molecule has 2 unspecified atom stereocenters. The maximum Gasteiger partial charge on any atom is 0.251 e. The third-order valence-corrected chi connectivity index (χ3v) is 4.29. The van der Waals surface area contributed by atoms with E-state index in [1.165, 1.54) is 17.1 Å². The van der Waals surface area contributed by atoms with Crippen molar-refractivity contribution in [2.75, 3.05) is 6.54 Å². The van der Waals surface area contributed by atoms with E-state index < -0.39 is 0 Å². The zero-order chi connectivity index (χ0) is 14.5. The molecule has 1 amide bonds. The summed E-state index contributed by atoms with van der Waals surface area (Å²) in [4.78, 5) is 23.7. The minimum Gasteiger partial charge on any atom is -0.351 e. The lowest BCUT2D eigenvalue weighted by Gasteiger charge is -2.31. The number of carbonyl (C=O) groups is 1. The highest BCUT2D eigenvalue weighted by molar-refractivity contribution is 9.10. The molecule has 1 aliphatic rings. The Hall–Kier alpha value is -0.850. The highest BCUT2D eigenvalue weighted by Gasteiger charge is 2.25. The van der Waals surface area contributed by atoms with Crippen LogP contribution in [0.5, 0.6) is 0 Å². The van der Waals surface area contributed by atoms with E-state index >= 15 is 0 Å². The lowest BCUT2D eigenvalue weighted by atomic mass is 9.84. The van der Waals surface area contributed by atoms with Gasteiger partial charge in [-0.25, -0.2) is 0 Å². The van der Waals surface area contributed by atoms with Gasteiger partial charge in [0.2, 0.25) is 5.91 Å². The Kier molecular flexibility index (Phi) is 7.42. The molecule has 1 aliphatic carbocycles. The molecule has 5 nitrogen and oxygen atoms in total. The van der Waals surface area contributed by atoms with Gasteiger partial charge < -0.3 is 15.6 Å². The number of pyridine rings is 1. The van der Waals surface area contributed by atoms with E-state index in [0.29, 0.717) is 12.5 Å². The van der Waals surface area contributed by atoms with Crippen LogP contribution in [-0.4, -0.2) is 23.1 Å². The zero-order valence-electron chi connectivity index (χ0n) is 11.8. The largest absolute Gasteiger partial charge is 0.351 e. The second kappa shape index (κ2) is 8.56. The first-order valence-corrected chi connectivity index (χ1v) is 7.75. The first kappa shape index (κ1) is 18.2. The Morgan fingerprint density at radius 2 is 2.10 bits per heavy atom. The predicted octanol–water partition coefficient (Wildman–Crippen LogP) is 1.67. The van der Waals surface area contributed by atoms with E-state index in [-0.39, 0.29) is 36.5 Å². The minimum absolute atomic E-state index is 0. The van der Waals surface area contributed by atoms with Crippen LogP contribution < -0.4 is 16.6 Å². The molecule has 0 aromatic carbocycles. The number of carbonyl (C=O) groups excluding carboxylic acids is 1. The van der Waals surface area contributed by atoms with Gasteiger partial charge in [0.1, 0.15) is 6.54 Å². The molecule has 0 aliphatic heterocycles. The normalized spacial score (nSPS) is 21.4. The number of nitrogens with one attached hydrogen (secondary N) is 1. The number of nitrogens with two attached hydrogens (primary N) is 1. The summed E-state index contributed by atoms with van der Waals surface area (Å²) in [5.74, 6) is 0.225. The van der Waals surface area contributed by atoms with Crippen molar-refractivity contribution in [2.24, 2.45) is 11.7 Å². The molecule has 1 aromatic rings. The van der Waals surface area contributed by atoms with Crippen LogP contribution >= 0.6 is 28.3 Å². The van der Waals surface area contributed by atoms with Crippen molar-refractivity contribution >= 4 is 34.2 Å². The second-order valence-corrected chi connectivity index (χ2v) is 6.18. The molecule has 3 N–H and O–H groups in total. The third-order valence-electron chi connectivity index (χ3n) is 3.82. The van der Waals surface area contributed by atoms with Gasteiger partial charge in [-0.2, -0.15) is 0 Å². The van der Waals surface area contributed by atoms with Crippen LogP contribution in [0, 0.1) is 5.92 Å². The molecule has 1 saturated carbocycles. The first-order valence-electron chi connectivity index (χ1n) is 6.95. The van der Waals surface area contributed by atoms with Gasteiger partial charge in [0.25, 0.3) is 5.56 Å². The summed E-state index contributed by atoms with van der Waals surface area (Å²) >= 11 is 3.30. The second-order valence-electron chi connectivity index (χ2n) is 5.27. The minimum atomic E-state index is -0.178. The van der Waals surface area contributed by atoms with E-state index in [1.54, 1.807) is 12.3 Å². The Balaban J connectivity index is 0.00000220. The van der Waals surface area contributed by atoms with Crippen LogP contribution in [0.15, 0.2) is 27.6 Å². The number of hydrogen-bond donors (Lipinski definition) is 2. The van der Waals surface area contributed by atoms with Gasteiger partial charge in [-0.3, -0.25) is 9.59 Å². The standard InChI is InChI=1S/C14H20BrN3O2.ClH/c15-11-5-6-14(20)18(8-11)9-13(19)17-12-4-2-1-3-10(12)7-16;/h5-6,8,10,12H,1-4,7,9,16H2,(H,17,19);1H. The van der Waals surface area contributed by atoms with Gasteiger partial charge in [0.05, 0.1) is 0 Å². The van der Waals surface area contributed by atoms with Crippen molar-refractivity contribution in [2.45, 2.75) is 38.3 Å². The number of halogens is 2. The van der Waals surface area contributed by atoms with Gasteiger partial charge in [0.15, 0.2) is 0 Å². The molecule has 118 valence electrons. The number of nitrogens with zero attached hydrogens (tertiary/aromatic N) is 1. The highest BCUT2D eigenvalue weighted by Crippen LogP contribution is 2.23. The molecule has 2 rings (SSSR count). The number of rotatable bonds is 4. The Morgan fingerprint density at radius 1 is 1.38 bits per heavy atom. The van der Waals surface area contributed by atoms with Crippen molar-refractivity contribution in [3.05, 3.63) is 33.2 Å². The smallest absolute Gasteiger partial charge is 0.251 e. The molecule has 7 heteroatoms. The van der Waals surface area contributed by atoms with Gasteiger partial charge in [0, 0.05) is 22.8 Å². The summed E-state index contributed by atoms with van der Waals surface area (Å²) in [5, 5.41) is 3.02. The number of hydrogen-bond acceptors (Lipinski definition) is 3. The monoisotopic (exact) mass is 377 g/mol. The maximum atomic E-state index is 12.1. The fourth-order valence-electron chi connectivity index (χ4n) is 2.71. The first-order chi connectivity index (χ1) is 9.60. The van der Waals surface area contributed by atoms with Gasteiger partial charge >= 0.3 is 0 Å². The lowest BCUT2D eigenvalue weighted by molar-refractivity contribution is -0.123. The molecule has 21 heavy (non-hydrogen) atoms. The molecule has 0 saturated heterocycles. The average molecular weight is 379 g/mol. The molecule has 0 spiro atoms. The third kappa shape index (κ3) is 5.13. The molecule has 1 aromatic heterocycles. The van der Waals surface area contributed by atoms with Crippen molar-refractivity contribution in [1.82, 2.24) is 9.88 Å². The fraction of sp³-hybridized carbons (Fsp3) is 0.571. The average Bonchev–Trinajstić information content (AvgIpc) is 2.43. The van der Waals surface area contributed by atoms with Crippen molar-refractivity contribution in [3.8, 4) is 0 Å². The Morgan fingerprint density at radius 3 is 2.81 bits per heavy atom. The molecule has 1 heterocycles. The molecular weight excluding hydrogens is 358 g/mol. The maximum absolute atomic E-state index is 12.1. The van der Waals surface area contributed by atoms with Gasteiger partial charge in [-0.05, 0) is 47.3 Å². The highest BCUT2D eigenvalue weighted by atomic mass is 79.9. The molecule has 0 radical (unpaired) electrons. The zero-order valence-corrected chi connectivity index (χ0v) is 14.2. The molecule has 1 fully saturated rings. The van der Waals surface area contributed by atoms with Gasteiger partial charge in [-0.1, -0.05) is 12.8 Å². The topological polar surface area (TPSA) is 77.1 Å². The predicted molar refractivity (Wildman–Crippen MR) is 88.6 cm³/mol. The van der Waals surface area contributed by atoms with E-state index in [1.807, 2.05) is 0 Å². The number of amides is 1. The van der Waals surface area contributed by atoms with E-state index in [2.05, 4.69) is 21.2 Å². The Bertz CT molecular complexity index is 535. The van der Waals surface area contributed by atoms with Crippen LogP contribution in [0.2, 0.25) is 0 Å². The van der Waals surface area contributed by atoms with Crippen LogP contribution in [0.25, 0.3) is 0 Å². The summed E-state index contributed by atoms with van der Waals surface area (Å²) in [6, 6.07) is 3.26. The van der Waals surface area contributed by atoms with Crippen LogP contribution in [-0.2, 0) is 11.3 Å². The lowest BCUT2D eigenvalue weighted by Crippen LogP contribution is -2.46. The van der Waals surface area contributed by atoms with Crippen LogP contribution in [0.3, 0.4) is 0 Å². The van der Waals surface area contributed by atoms with Crippen molar-refractivity contribution in [3.63, 3.8) is 0 Å². The van der Waals surface area contributed by atoms with Crippen molar-refractivity contribution < 1.29 is 4.79 Å². The van der Waals surface area contributed by atoms with Crippen molar-refractivity contribution in [1.29, 1.82) is 0 Å². The molecule has 2 atom stereocenters.